The molecular weight excluding hydrogens is 271 g/mol. The molecular formula is C12H16BrFN2. The van der Waals surface area contributed by atoms with Crippen LogP contribution in [-0.4, -0.2) is 0 Å². The molecule has 0 radical (unpaired) electrons. The Kier molecular flexibility index (Phi) is 3.95. The van der Waals surface area contributed by atoms with E-state index in [0.29, 0.717) is 16.0 Å². The van der Waals surface area contributed by atoms with Gasteiger partial charge in [0, 0.05) is 11.6 Å². The second-order valence-corrected chi connectivity index (χ2v) is 5.25. The number of benzene rings is 1. The number of rotatable bonds is 4. The zero-order chi connectivity index (χ0) is 11.5. The van der Waals surface area contributed by atoms with Crippen molar-refractivity contribution in [1.82, 2.24) is 5.43 Å². The molecule has 1 unspecified atom stereocenters. The lowest BCUT2D eigenvalue weighted by atomic mass is 9.79. The average Bonchev–Trinajstić information content (AvgIpc) is 2.22. The molecule has 0 bridgehead atoms. The van der Waals surface area contributed by atoms with Crippen LogP contribution in [-0.2, 0) is 0 Å². The van der Waals surface area contributed by atoms with Crippen LogP contribution in [0.1, 0.15) is 37.3 Å². The van der Waals surface area contributed by atoms with E-state index < -0.39 is 0 Å². The fourth-order valence-electron chi connectivity index (χ4n) is 2.14. The van der Waals surface area contributed by atoms with E-state index in [1.165, 1.54) is 19.3 Å². The summed E-state index contributed by atoms with van der Waals surface area (Å²) in [6.45, 7) is 0. The van der Waals surface area contributed by atoms with Crippen LogP contribution in [0.2, 0.25) is 0 Å². The smallest absolute Gasteiger partial charge is 0.142 e. The van der Waals surface area contributed by atoms with Crippen molar-refractivity contribution < 1.29 is 4.39 Å². The van der Waals surface area contributed by atoms with Crippen LogP contribution in [0.3, 0.4) is 0 Å². The minimum atomic E-state index is -0.204. The fraction of sp³-hybridized carbons (Fsp3) is 0.500. The molecule has 1 aliphatic carbocycles. The van der Waals surface area contributed by atoms with Crippen molar-refractivity contribution in [3.63, 3.8) is 0 Å². The Morgan fingerprint density at radius 3 is 2.81 bits per heavy atom. The van der Waals surface area contributed by atoms with Gasteiger partial charge in [-0.05, 0) is 34.3 Å². The molecule has 0 aromatic heterocycles. The molecule has 88 valence electrons. The lowest BCUT2D eigenvalue weighted by Crippen LogP contribution is -2.31. The van der Waals surface area contributed by atoms with E-state index in [0.717, 1.165) is 6.42 Å². The molecule has 0 heterocycles. The number of hydrazine groups is 1. The fourth-order valence-corrected chi connectivity index (χ4v) is 2.52. The SMILES string of the molecule is NNC(CC1CCC1)c1cccc(Br)c1F. The normalized spacial score (nSPS) is 18.2. The van der Waals surface area contributed by atoms with Gasteiger partial charge >= 0.3 is 0 Å². The van der Waals surface area contributed by atoms with E-state index in [4.69, 9.17) is 5.84 Å². The second-order valence-electron chi connectivity index (χ2n) is 4.39. The van der Waals surface area contributed by atoms with Crippen molar-refractivity contribution >= 4 is 15.9 Å². The summed E-state index contributed by atoms with van der Waals surface area (Å²) < 4.78 is 14.4. The summed E-state index contributed by atoms with van der Waals surface area (Å²) in [4.78, 5) is 0. The van der Waals surface area contributed by atoms with Gasteiger partial charge < -0.3 is 0 Å². The molecule has 1 atom stereocenters. The first-order valence-electron chi connectivity index (χ1n) is 5.62. The van der Waals surface area contributed by atoms with Crippen molar-refractivity contribution in [2.45, 2.75) is 31.7 Å². The van der Waals surface area contributed by atoms with Gasteiger partial charge in [-0.3, -0.25) is 11.3 Å². The first-order chi connectivity index (χ1) is 7.72. The Bertz CT molecular complexity index is 366. The van der Waals surface area contributed by atoms with Crippen LogP contribution in [0.5, 0.6) is 0 Å². The first-order valence-corrected chi connectivity index (χ1v) is 6.41. The van der Waals surface area contributed by atoms with E-state index in [2.05, 4.69) is 21.4 Å². The summed E-state index contributed by atoms with van der Waals surface area (Å²) in [5, 5.41) is 0. The van der Waals surface area contributed by atoms with Crippen LogP contribution in [0.4, 0.5) is 4.39 Å². The molecule has 0 saturated heterocycles. The Morgan fingerprint density at radius 1 is 1.50 bits per heavy atom. The number of nitrogens with two attached hydrogens (primary N) is 1. The Labute approximate surface area is 104 Å². The molecule has 3 N–H and O–H groups in total. The van der Waals surface area contributed by atoms with Gasteiger partial charge in [0.15, 0.2) is 0 Å². The molecule has 0 aliphatic heterocycles. The van der Waals surface area contributed by atoms with E-state index in [1.54, 1.807) is 12.1 Å². The molecule has 2 nitrogen and oxygen atoms in total. The predicted molar refractivity (Wildman–Crippen MR) is 66.1 cm³/mol. The Morgan fingerprint density at radius 2 is 2.25 bits per heavy atom. The monoisotopic (exact) mass is 286 g/mol. The highest BCUT2D eigenvalue weighted by atomic mass is 79.9. The molecule has 1 fully saturated rings. The summed E-state index contributed by atoms with van der Waals surface area (Å²) in [7, 11) is 0. The van der Waals surface area contributed by atoms with Crippen molar-refractivity contribution in [3.8, 4) is 0 Å². The minimum Gasteiger partial charge on any atom is -0.271 e. The van der Waals surface area contributed by atoms with Gasteiger partial charge in [-0.25, -0.2) is 4.39 Å². The molecule has 0 spiro atoms. The van der Waals surface area contributed by atoms with E-state index in [1.807, 2.05) is 6.07 Å². The first kappa shape index (κ1) is 12.0. The van der Waals surface area contributed by atoms with Gasteiger partial charge in [-0.2, -0.15) is 0 Å². The standard InChI is InChI=1S/C12H16BrFN2/c13-10-6-2-5-9(12(10)14)11(16-15)7-8-3-1-4-8/h2,5-6,8,11,16H,1,3-4,7,15H2. The highest BCUT2D eigenvalue weighted by molar-refractivity contribution is 9.10. The number of hydrogen-bond acceptors (Lipinski definition) is 2. The van der Waals surface area contributed by atoms with Crippen molar-refractivity contribution in [3.05, 3.63) is 34.1 Å². The Balaban J connectivity index is 2.15. The van der Waals surface area contributed by atoms with Gasteiger partial charge in [0.25, 0.3) is 0 Å². The van der Waals surface area contributed by atoms with Gasteiger partial charge in [0.05, 0.1) is 4.47 Å². The zero-order valence-electron chi connectivity index (χ0n) is 9.05. The maximum atomic E-state index is 13.9. The number of nitrogens with one attached hydrogen (secondary N) is 1. The second kappa shape index (κ2) is 5.25. The molecule has 1 aromatic rings. The third-order valence-electron chi connectivity index (χ3n) is 3.35. The average molecular weight is 287 g/mol. The molecule has 16 heavy (non-hydrogen) atoms. The molecule has 2 rings (SSSR count). The van der Waals surface area contributed by atoms with Crippen LogP contribution in [0.25, 0.3) is 0 Å². The Hall–Kier alpha value is -0.450. The minimum absolute atomic E-state index is 0.0807. The summed E-state index contributed by atoms with van der Waals surface area (Å²) in [5.41, 5.74) is 3.38. The summed E-state index contributed by atoms with van der Waals surface area (Å²) >= 11 is 3.20. The van der Waals surface area contributed by atoms with Crippen molar-refractivity contribution in [2.75, 3.05) is 0 Å². The largest absolute Gasteiger partial charge is 0.271 e. The van der Waals surface area contributed by atoms with Crippen molar-refractivity contribution in [1.29, 1.82) is 0 Å². The molecule has 0 amide bonds. The lowest BCUT2D eigenvalue weighted by molar-refractivity contribution is 0.259. The third kappa shape index (κ3) is 2.44. The molecule has 1 aromatic carbocycles. The lowest BCUT2D eigenvalue weighted by Gasteiger charge is -2.29. The van der Waals surface area contributed by atoms with E-state index >= 15 is 0 Å². The maximum absolute atomic E-state index is 13.9. The van der Waals surface area contributed by atoms with Crippen molar-refractivity contribution in [2.24, 2.45) is 11.8 Å². The van der Waals surface area contributed by atoms with Crippen LogP contribution < -0.4 is 11.3 Å². The topological polar surface area (TPSA) is 38.0 Å². The van der Waals surface area contributed by atoms with Gasteiger partial charge in [-0.1, -0.05) is 31.4 Å². The van der Waals surface area contributed by atoms with Gasteiger partial charge in [0.2, 0.25) is 0 Å². The zero-order valence-corrected chi connectivity index (χ0v) is 10.6. The quantitative estimate of drug-likeness (QED) is 0.659. The summed E-state index contributed by atoms with van der Waals surface area (Å²) in [6, 6.07) is 5.26. The predicted octanol–water partition coefficient (Wildman–Crippen LogP) is 3.28. The van der Waals surface area contributed by atoms with Gasteiger partial charge in [-0.15, -0.1) is 0 Å². The summed E-state index contributed by atoms with van der Waals surface area (Å²) in [6.07, 6.45) is 4.70. The van der Waals surface area contributed by atoms with Gasteiger partial charge in [0.1, 0.15) is 5.82 Å². The summed E-state index contributed by atoms with van der Waals surface area (Å²) in [5.74, 6) is 6.01. The third-order valence-corrected chi connectivity index (χ3v) is 3.96. The van der Waals surface area contributed by atoms with Crippen LogP contribution in [0, 0.1) is 11.7 Å². The van der Waals surface area contributed by atoms with Crippen LogP contribution in [0.15, 0.2) is 22.7 Å². The van der Waals surface area contributed by atoms with Crippen LogP contribution >= 0.6 is 15.9 Å². The molecule has 4 heteroatoms. The molecule has 1 saturated carbocycles. The number of hydrogen-bond donors (Lipinski definition) is 2. The van der Waals surface area contributed by atoms with E-state index in [9.17, 15) is 4.39 Å². The highest BCUT2D eigenvalue weighted by Crippen LogP contribution is 2.35. The maximum Gasteiger partial charge on any atom is 0.142 e. The number of halogens is 2. The molecule has 1 aliphatic rings. The van der Waals surface area contributed by atoms with E-state index in [-0.39, 0.29) is 11.9 Å². The highest BCUT2D eigenvalue weighted by Gasteiger charge is 2.24.